The molecule has 0 aliphatic rings. The Bertz CT molecular complexity index is 162. The van der Waals surface area contributed by atoms with Crippen molar-refractivity contribution in [2.45, 2.75) is 6.04 Å². The molecule has 0 unspecified atom stereocenters. The summed E-state index contributed by atoms with van der Waals surface area (Å²) in [6.45, 7) is 0.113. The topological polar surface area (TPSA) is 120 Å². The zero-order chi connectivity index (χ0) is 8.85. The van der Waals surface area contributed by atoms with E-state index in [1.807, 2.05) is 0 Å². The summed E-state index contributed by atoms with van der Waals surface area (Å²) in [7, 11) is 1.50. The van der Waals surface area contributed by atoms with Gasteiger partial charge in [0.1, 0.15) is 6.04 Å². The summed E-state index contributed by atoms with van der Waals surface area (Å²) < 4.78 is 0. The third-order valence-corrected chi connectivity index (χ3v) is 1.05. The van der Waals surface area contributed by atoms with Gasteiger partial charge >= 0.3 is 0 Å². The number of likely N-dealkylation sites (N-methyl/N-ethyl adjacent to an activating group) is 1. The van der Waals surface area contributed by atoms with Crippen molar-refractivity contribution in [3.05, 3.63) is 0 Å². The van der Waals surface area contributed by atoms with Crippen LogP contribution < -0.4 is 22.5 Å². The average molecular weight is 159 g/mol. The van der Waals surface area contributed by atoms with Gasteiger partial charge in [0.15, 0.2) is 5.96 Å². The van der Waals surface area contributed by atoms with Gasteiger partial charge in [-0.1, -0.05) is 0 Å². The van der Waals surface area contributed by atoms with E-state index in [-0.39, 0.29) is 18.4 Å². The van der Waals surface area contributed by atoms with E-state index < -0.39 is 6.04 Å². The Hall–Kier alpha value is -1.30. The third-order valence-electron chi connectivity index (χ3n) is 1.05. The van der Waals surface area contributed by atoms with Gasteiger partial charge in [-0.3, -0.25) is 9.79 Å². The van der Waals surface area contributed by atoms with Crippen molar-refractivity contribution in [1.29, 1.82) is 0 Å². The van der Waals surface area contributed by atoms with E-state index >= 15 is 0 Å². The first-order valence-corrected chi connectivity index (χ1v) is 3.10. The SMILES string of the molecule is CNC(=O)[C@H](N)CN=C(N)N. The first kappa shape index (κ1) is 9.70. The molecule has 7 N–H and O–H groups in total. The summed E-state index contributed by atoms with van der Waals surface area (Å²) in [6, 6.07) is -0.679. The predicted octanol–water partition coefficient (Wildman–Crippen LogP) is -2.67. The van der Waals surface area contributed by atoms with Gasteiger partial charge in [0.2, 0.25) is 5.91 Å². The molecular weight excluding hydrogens is 146 g/mol. The number of carbonyl (C=O) groups excluding carboxylic acids is 1. The van der Waals surface area contributed by atoms with Crippen LogP contribution in [0.1, 0.15) is 0 Å². The molecule has 1 amide bonds. The number of guanidine groups is 1. The molecule has 6 nitrogen and oxygen atoms in total. The van der Waals surface area contributed by atoms with Gasteiger partial charge in [0.25, 0.3) is 0 Å². The van der Waals surface area contributed by atoms with E-state index in [1.54, 1.807) is 0 Å². The van der Waals surface area contributed by atoms with Crippen LogP contribution >= 0.6 is 0 Å². The number of amides is 1. The quantitative estimate of drug-likeness (QED) is 0.265. The number of aliphatic imine (C=N–C) groups is 1. The maximum absolute atomic E-state index is 10.7. The first-order chi connectivity index (χ1) is 5.07. The monoisotopic (exact) mass is 159 g/mol. The molecule has 0 aromatic carbocycles. The van der Waals surface area contributed by atoms with E-state index in [9.17, 15) is 4.79 Å². The second kappa shape index (κ2) is 4.51. The molecule has 11 heavy (non-hydrogen) atoms. The maximum Gasteiger partial charge on any atom is 0.238 e. The average Bonchev–Trinajstić information content (AvgIpc) is 1.98. The summed E-state index contributed by atoms with van der Waals surface area (Å²) >= 11 is 0. The Labute approximate surface area is 64.8 Å². The Balaban J connectivity index is 3.78. The Morgan fingerprint density at radius 3 is 2.55 bits per heavy atom. The van der Waals surface area contributed by atoms with Gasteiger partial charge in [-0.15, -0.1) is 0 Å². The molecule has 0 fully saturated rings. The summed E-state index contributed by atoms with van der Waals surface area (Å²) in [5.41, 5.74) is 15.4. The Morgan fingerprint density at radius 2 is 2.18 bits per heavy atom. The van der Waals surface area contributed by atoms with Crippen LogP contribution in [0.25, 0.3) is 0 Å². The normalized spacial score (nSPS) is 11.8. The maximum atomic E-state index is 10.7. The van der Waals surface area contributed by atoms with Gasteiger partial charge in [-0.2, -0.15) is 0 Å². The molecule has 0 aromatic rings. The molecule has 0 aliphatic heterocycles. The Morgan fingerprint density at radius 1 is 1.64 bits per heavy atom. The molecule has 0 saturated heterocycles. The summed E-state index contributed by atoms with van der Waals surface area (Å²) in [5.74, 6) is -0.348. The van der Waals surface area contributed by atoms with E-state index in [2.05, 4.69) is 10.3 Å². The Kier molecular flexibility index (Phi) is 3.97. The van der Waals surface area contributed by atoms with Crippen molar-refractivity contribution >= 4 is 11.9 Å². The molecule has 0 saturated carbocycles. The molecule has 0 radical (unpaired) electrons. The van der Waals surface area contributed by atoms with Gasteiger partial charge in [0.05, 0.1) is 6.54 Å². The summed E-state index contributed by atoms with van der Waals surface area (Å²) in [4.78, 5) is 14.3. The highest BCUT2D eigenvalue weighted by molar-refractivity contribution is 5.82. The number of nitrogens with two attached hydrogens (primary N) is 3. The molecule has 0 aliphatic carbocycles. The van der Waals surface area contributed by atoms with Crippen molar-refractivity contribution in [2.75, 3.05) is 13.6 Å². The van der Waals surface area contributed by atoms with Crippen molar-refractivity contribution in [2.24, 2.45) is 22.2 Å². The zero-order valence-electron chi connectivity index (χ0n) is 6.37. The molecule has 0 spiro atoms. The zero-order valence-corrected chi connectivity index (χ0v) is 6.37. The van der Waals surface area contributed by atoms with Crippen LogP contribution in [0.3, 0.4) is 0 Å². The lowest BCUT2D eigenvalue weighted by molar-refractivity contribution is -0.121. The molecule has 0 bridgehead atoms. The standard InChI is InChI=1S/C5H13N5O/c1-9-4(11)3(6)2-10-5(7)8/h3H,2,6H2,1H3,(H,9,11)(H4,7,8,10)/t3-/m1/s1. The van der Waals surface area contributed by atoms with E-state index in [4.69, 9.17) is 17.2 Å². The van der Waals surface area contributed by atoms with Crippen LogP contribution in [0.5, 0.6) is 0 Å². The van der Waals surface area contributed by atoms with Crippen molar-refractivity contribution in [3.8, 4) is 0 Å². The number of nitrogens with zero attached hydrogens (tertiary/aromatic N) is 1. The predicted molar refractivity (Wildman–Crippen MR) is 42.7 cm³/mol. The lowest BCUT2D eigenvalue weighted by Crippen LogP contribution is -2.41. The van der Waals surface area contributed by atoms with Crippen LogP contribution in [0.4, 0.5) is 0 Å². The minimum Gasteiger partial charge on any atom is -0.370 e. The van der Waals surface area contributed by atoms with Crippen LogP contribution in [0, 0.1) is 0 Å². The third kappa shape index (κ3) is 4.15. The minimum absolute atomic E-state index is 0.0654. The second-order valence-corrected chi connectivity index (χ2v) is 1.99. The largest absolute Gasteiger partial charge is 0.370 e. The molecule has 6 heteroatoms. The van der Waals surface area contributed by atoms with E-state index in [1.165, 1.54) is 7.05 Å². The highest BCUT2D eigenvalue weighted by atomic mass is 16.2. The van der Waals surface area contributed by atoms with Crippen LogP contribution in [0.2, 0.25) is 0 Å². The van der Waals surface area contributed by atoms with Gasteiger partial charge < -0.3 is 22.5 Å². The molecular formula is C5H13N5O. The molecule has 0 heterocycles. The summed E-state index contributed by atoms with van der Waals surface area (Å²) in [6.07, 6.45) is 0. The lowest BCUT2D eigenvalue weighted by Gasteiger charge is -2.05. The molecule has 1 atom stereocenters. The smallest absolute Gasteiger partial charge is 0.238 e. The van der Waals surface area contributed by atoms with Crippen LogP contribution in [-0.2, 0) is 4.79 Å². The van der Waals surface area contributed by atoms with E-state index in [0.29, 0.717) is 0 Å². The van der Waals surface area contributed by atoms with Gasteiger partial charge in [0, 0.05) is 7.05 Å². The molecule has 0 aromatic heterocycles. The molecule has 64 valence electrons. The van der Waals surface area contributed by atoms with Crippen molar-refractivity contribution in [3.63, 3.8) is 0 Å². The fourth-order valence-electron chi connectivity index (χ4n) is 0.472. The highest BCUT2D eigenvalue weighted by Gasteiger charge is 2.09. The van der Waals surface area contributed by atoms with Crippen LogP contribution in [-0.4, -0.2) is 31.5 Å². The number of carbonyl (C=O) groups is 1. The van der Waals surface area contributed by atoms with Crippen molar-refractivity contribution < 1.29 is 4.79 Å². The fraction of sp³-hybridized carbons (Fsp3) is 0.600. The lowest BCUT2D eigenvalue weighted by atomic mass is 10.3. The minimum atomic E-state index is -0.679. The van der Waals surface area contributed by atoms with Gasteiger partial charge in [-0.25, -0.2) is 0 Å². The number of nitrogens with one attached hydrogen (secondary N) is 1. The van der Waals surface area contributed by atoms with Crippen LogP contribution in [0.15, 0.2) is 4.99 Å². The fourth-order valence-corrected chi connectivity index (χ4v) is 0.472. The number of hydrogen-bond acceptors (Lipinski definition) is 3. The highest BCUT2D eigenvalue weighted by Crippen LogP contribution is 1.79. The second-order valence-electron chi connectivity index (χ2n) is 1.99. The van der Waals surface area contributed by atoms with E-state index in [0.717, 1.165) is 0 Å². The number of rotatable bonds is 3. The first-order valence-electron chi connectivity index (χ1n) is 3.10. The summed E-state index contributed by atoms with van der Waals surface area (Å²) in [5, 5.41) is 2.37. The number of hydrogen-bond donors (Lipinski definition) is 4. The van der Waals surface area contributed by atoms with Crippen molar-refractivity contribution in [1.82, 2.24) is 5.32 Å². The molecule has 0 rings (SSSR count). The van der Waals surface area contributed by atoms with Gasteiger partial charge in [-0.05, 0) is 0 Å².